The number of carbonyl (C=O) groups is 1. The lowest BCUT2D eigenvalue weighted by Crippen LogP contribution is -2.50. The van der Waals surface area contributed by atoms with Crippen molar-refractivity contribution >= 4 is 17.2 Å². The zero-order valence-electron chi connectivity index (χ0n) is 11.0. The third-order valence-corrected chi connectivity index (χ3v) is 4.76. The Morgan fingerprint density at radius 1 is 1.67 bits per heavy atom. The molecule has 1 fully saturated rings. The Morgan fingerprint density at radius 2 is 2.39 bits per heavy atom. The number of nitrogens with one attached hydrogen (secondary N) is 1. The van der Waals surface area contributed by atoms with E-state index in [1.165, 1.54) is 4.88 Å². The molecule has 0 aliphatic carbocycles. The van der Waals surface area contributed by atoms with Gasteiger partial charge in [0.2, 0.25) is 5.91 Å². The number of amides is 1. The van der Waals surface area contributed by atoms with Crippen LogP contribution in [0.1, 0.15) is 29.6 Å². The molecule has 100 valence electrons. The predicted octanol–water partition coefficient (Wildman–Crippen LogP) is 1.60. The van der Waals surface area contributed by atoms with Crippen LogP contribution >= 0.6 is 11.3 Å². The first kappa shape index (κ1) is 13.5. The predicted molar refractivity (Wildman–Crippen MR) is 72.5 cm³/mol. The summed E-state index contributed by atoms with van der Waals surface area (Å²) in [7, 11) is 0. The molecule has 1 amide bonds. The Balaban J connectivity index is 2.03. The molecule has 1 aromatic rings. The highest BCUT2D eigenvalue weighted by Crippen LogP contribution is 2.29. The molecule has 0 radical (unpaired) electrons. The fraction of sp³-hybridized carbons (Fsp3) is 0.615. The largest absolute Gasteiger partial charge is 0.379 e. The van der Waals surface area contributed by atoms with Crippen LogP contribution < -0.4 is 11.1 Å². The van der Waals surface area contributed by atoms with Crippen LogP contribution in [0.4, 0.5) is 0 Å². The summed E-state index contributed by atoms with van der Waals surface area (Å²) in [6.07, 6.45) is 0. The average molecular weight is 268 g/mol. The summed E-state index contributed by atoms with van der Waals surface area (Å²) >= 11 is 1.70. The van der Waals surface area contributed by atoms with Gasteiger partial charge in [-0.15, -0.1) is 11.3 Å². The maximum Gasteiger partial charge on any atom is 0.230 e. The second-order valence-electron chi connectivity index (χ2n) is 5.18. The van der Waals surface area contributed by atoms with E-state index in [9.17, 15) is 4.79 Å². The van der Waals surface area contributed by atoms with Gasteiger partial charge in [-0.2, -0.15) is 0 Å². The summed E-state index contributed by atoms with van der Waals surface area (Å²) in [5, 5.41) is 3.03. The summed E-state index contributed by atoms with van der Waals surface area (Å²) in [5.74, 6) is -0.0222. The van der Waals surface area contributed by atoms with E-state index in [0.717, 1.165) is 4.88 Å². The van der Waals surface area contributed by atoms with Gasteiger partial charge in [-0.25, -0.2) is 0 Å². The van der Waals surface area contributed by atoms with Crippen molar-refractivity contribution in [1.82, 2.24) is 5.32 Å². The summed E-state index contributed by atoms with van der Waals surface area (Å²) in [5.41, 5.74) is 5.34. The van der Waals surface area contributed by atoms with Crippen molar-refractivity contribution in [2.45, 2.75) is 32.9 Å². The molecule has 1 aliphatic heterocycles. The SMILES string of the molecule is Cc1ccc(C(C)NC(=O)C2(C)COCC2N)s1. The molecule has 3 N–H and O–H groups in total. The molecule has 0 saturated carbocycles. The lowest BCUT2D eigenvalue weighted by Gasteiger charge is -2.27. The number of aryl methyl sites for hydroxylation is 1. The van der Waals surface area contributed by atoms with E-state index < -0.39 is 5.41 Å². The van der Waals surface area contributed by atoms with Gasteiger partial charge in [-0.3, -0.25) is 4.79 Å². The van der Waals surface area contributed by atoms with Crippen molar-refractivity contribution in [3.05, 3.63) is 21.9 Å². The van der Waals surface area contributed by atoms with E-state index in [1.807, 2.05) is 13.8 Å². The first-order chi connectivity index (χ1) is 8.43. The van der Waals surface area contributed by atoms with Gasteiger partial charge >= 0.3 is 0 Å². The summed E-state index contributed by atoms with van der Waals surface area (Å²) < 4.78 is 5.30. The van der Waals surface area contributed by atoms with Crippen molar-refractivity contribution in [3.8, 4) is 0 Å². The third-order valence-electron chi connectivity index (χ3n) is 3.57. The van der Waals surface area contributed by atoms with Gasteiger partial charge in [0, 0.05) is 15.8 Å². The van der Waals surface area contributed by atoms with Crippen molar-refractivity contribution in [3.63, 3.8) is 0 Å². The monoisotopic (exact) mass is 268 g/mol. The molecule has 1 aromatic heterocycles. The van der Waals surface area contributed by atoms with Gasteiger partial charge in [0.1, 0.15) is 0 Å². The Kier molecular flexibility index (Phi) is 3.75. The summed E-state index contributed by atoms with van der Waals surface area (Å²) in [6.45, 7) is 6.78. The van der Waals surface area contributed by atoms with Gasteiger partial charge in [0.05, 0.1) is 24.7 Å². The minimum absolute atomic E-state index is 0.0147. The summed E-state index contributed by atoms with van der Waals surface area (Å²) in [4.78, 5) is 14.7. The number of ether oxygens (including phenoxy) is 1. The zero-order valence-corrected chi connectivity index (χ0v) is 11.8. The topological polar surface area (TPSA) is 64.3 Å². The molecule has 0 aromatic carbocycles. The molecule has 5 heteroatoms. The molecule has 1 aliphatic rings. The second kappa shape index (κ2) is 4.99. The average Bonchev–Trinajstić information content (AvgIpc) is 2.87. The number of thiophene rings is 1. The molecule has 18 heavy (non-hydrogen) atoms. The number of rotatable bonds is 3. The molecule has 4 nitrogen and oxygen atoms in total. The van der Waals surface area contributed by atoms with Crippen LogP contribution in [0.15, 0.2) is 12.1 Å². The first-order valence-corrected chi connectivity index (χ1v) is 6.96. The van der Waals surface area contributed by atoms with Crippen LogP contribution in [0.5, 0.6) is 0 Å². The van der Waals surface area contributed by atoms with E-state index in [1.54, 1.807) is 11.3 Å². The molecule has 2 heterocycles. The maximum atomic E-state index is 12.3. The highest BCUT2D eigenvalue weighted by Gasteiger charge is 2.44. The number of hydrogen-bond acceptors (Lipinski definition) is 4. The van der Waals surface area contributed by atoms with Gasteiger partial charge in [-0.05, 0) is 32.9 Å². The Labute approximate surface area is 112 Å². The van der Waals surface area contributed by atoms with Crippen LogP contribution in [0.25, 0.3) is 0 Å². The lowest BCUT2D eigenvalue weighted by atomic mass is 9.84. The fourth-order valence-electron chi connectivity index (χ4n) is 2.04. The van der Waals surface area contributed by atoms with Gasteiger partial charge in [0.15, 0.2) is 0 Å². The van der Waals surface area contributed by atoms with Crippen LogP contribution in [0.3, 0.4) is 0 Å². The lowest BCUT2D eigenvalue weighted by molar-refractivity contribution is -0.131. The molecule has 3 atom stereocenters. The van der Waals surface area contributed by atoms with E-state index >= 15 is 0 Å². The molecule has 3 unspecified atom stereocenters. The standard InChI is InChI=1S/C13H20N2O2S/c1-8-4-5-10(18-8)9(2)15-12(16)13(3)7-17-6-11(13)14/h4-5,9,11H,6-7,14H2,1-3H3,(H,15,16). The van der Waals surface area contributed by atoms with Gasteiger partial charge in [-0.1, -0.05) is 0 Å². The van der Waals surface area contributed by atoms with E-state index in [4.69, 9.17) is 10.5 Å². The van der Waals surface area contributed by atoms with E-state index in [0.29, 0.717) is 13.2 Å². The quantitative estimate of drug-likeness (QED) is 0.875. The first-order valence-electron chi connectivity index (χ1n) is 6.14. The van der Waals surface area contributed by atoms with Gasteiger partial charge < -0.3 is 15.8 Å². The number of nitrogens with two attached hydrogens (primary N) is 1. The molecular weight excluding hydrogens is 248 g/mol. The van der Waals surface area contributed by atoms with E-state index in [2.05, 4.69) is 24.4 Å². The number of carbonyl (C=O) groups excluding carboxylic acids is 1. The zero-order chi connectivity index (χ0) is 13.3. The highest BCUT2D eigenvalue weighted by molar-refractivity contribution is 7.12. The van der Waals surface area contributed by atoms with Crippen molar-refractivity contribution in [2.75, 3.05) is 13.2 Å². The highest BCUT2D eigenvalue weighted by atomic mass is 32.1. The molecule has 0 spiro atoms. The third kappa shape index (κ3) is 2.43. The van der Waals surface area contributed by atoms with Gasteiger partial charge in [0.25, 0.3) is 0 Å². The van der Waals surface area contributed by atoms with E-state index in [-0.39, 0.29) is 18.0 Å². The van der Waals surface area contributed by atoms with Crippen molar-refractivity contribution < 1.29 is 9.53 Å². The molecule has 2 rings (SSSR count). The van der Waals surface area contributed by atoms with Crippen LogP contribution in [-0.2, 0) is 9.53 Å². The summed E-state index contributed by atoms with van der Waals surface area (Å²) in [6, 6.07) is 3.91. The normalized spacial score (nSPS) is 29.2. The maximum absolute atomic E-state index is 12.3. The fourth-order valence-corrected chi connectivity index (χ4v) is 2.92. The van der Waals surface area contributed by atoms with Crippen molar-refractivity contribution in [2.24, 2.45) is 11.1 Å². The van der Waals surface area contributed by atoms with Crippen molar-refractivity contribution in [1.29, 1.82) is 0 Å². The minimum atomic E-state index is -0.611. The Hall–Kier alpha value is -0.910. The second-order valence-corrected chi connectivity index (χ2v) is 6.50. The molecular formula is C13H20N2O2S. The smallest absolute Gasteiger partial charge is 0.230 e. The molecule has 1 saturated heterocycles. The van der Waals surface area contributed by atoms with Crippen LogP contribution in [0, 0.1) is 12.3 Å². The Morgan fingerprint density at radius 3 is 2.89 bits per heavy atom. The van der Waals surface area contributed by atoms with Crippen LogP contribution in [-0.4, -0.2) is 25.2 Å². The Bertz CT molecular complexity index is 446. The minimum Gasteiger partial charge on any atom is -0.379 e. The number of hydrogen-bond donors (Lipinski definition) is 2. The molecule has 0 bridgehead atoms. The van der Waals surface area contributed by atoms with Crippen LogP contribution in [0.2, 0.25) is 0 Å².